The van der Waals surface area contributed by atoms with Crippen LogP contribution in [0.15, 0.2) is 65.1 Å². The first-order chi connectivity index (χ1) is 12.1. The SMILES string of the molecule is COc1ccc(NC(=O)c2ccccc2)cc1-c1ccc(C(=O)O)o1. The summed E-state index contributed by atoms with van der Waals surface area (Å²) in [6.45, 7) is 0. The number of hydrogen-bond acceptors (Lipinski definition) is 4. The van der Waals surface area contributed by atoms with Crippen molar-refractivity contribution in [2.24, 2.45) is 0 Å². The van der Waals surface area contributed by atoms with Gasteiger partial charge >= 0.3 is 5.97 Å². The first-order valence-electron chi connectivity index (χ1n) is 7.46. The number of nitrogens with one attached hydrogen (secondary N) is 1. The topological polar surface area (TPSA) is 88.8 Å². The van der Waals surface area contributed by atoms with Crippen LogP contribution in [0, 0.1) is 0 Å². The fraction of sp³-hybridized carbons (Fsp3) is 0.0526. The molecule has 1 aromatic heterocycles. The lowest BCUT2D eigenvalue weighted by molar-refractivity contribution is 0.0663. The summed E-state index contributed by atoms with van der Waals surface area (Å²) >= 11 is 0. The summed E-state index contributed by atoms with van der Waals surface area (Å²) < 4.78 is 10.6. The van der Waals surface area contributed by atoms with Crippen LogP contribution in [0.5, 0.6) is 5.75 Å². The third-order valence-corrected chi connectivity index (χ3v) is 3.58. The van der Waals surface area contributed by atoms with Gasteiger partial charge in [-0.2, -0.15) is 0 Å². The van der Waals surface area contributed by atoms with Crippen LogP contribution in [0.4, 0.5) is 5.69 Å². The molecule has 126 valence electrons. The molecule has 0 radical (unpaired) electrons. The van der Waals surface area contributed by atoms with Gasteiger partial charge in [-0.1, -0.05) is 18.2 Å². The molecule has 3 aromatic rings. The molecular formula is C19H15NO5. The predicted molar refractivity (Wildman–Crippen MR) is 92.1 cm³/mol. The number of carbonyl (C=O) groups is 2. The zero-order valence-electron chi connectivity index (χ0n) is 13.4. The Bertz CT molecular complexity index is 915. The van der Waals surface area contributed by atoms with Gasteiger partial charge in [-0.05, 0) is 42.5 Å². The molecule has 0 saturated carbocycles. The third kappa shape index (κ3) is 3.53. The van der Waals surface area contributed by atoms with Gasteiger partial charge in [0.05, 0.1) is 12.7 Å². The lowest BCUT2D eigenvalue weighted by atomic mass is 10.1. The van der Waals surface area contributed by atoms with Crippen molar-refractivity contribution in [3.63, 3.8) is 0 Å². The normalized spacial score (nSPS) is 10.3. The van der Waals surface area contributed by atoms with Gasteiger partial charge < -0.3 is 19.6 Å². The number of carboxylic acids is 1. The van der Waals surface area contributed by atoms with E-state index in [1.54, 1.807) is 48.5 Å². The maximum atomic E-state index is 12.3. The number of ether oxygens (including phenoxy) is 1. The number of aromatic carboxylic acids is 1. The zero-order valence-corrected chi connectivity index (χ0v) is 13.4. The highest BCUT2D eigenvalue weighted by Gasteiger charge is 2.15. The molecule has 0 saturated heterocycles. The van der Waals surface area contributed by atoms with Gasteiger partial charge in [-0.25, -0.2) is 4.79 Å². The van der Waals surface area contributed by atoms with Gasteiger partial charge in [0, 0.05) is 11.3 Å². The Morgan fingerprint density at radius 2 is 1.80 bits per heavy atom. The van der Waals surface area contributed by atoms with E-state index in [2.05, 4.69) is 5.32 Å². The average Bonchev–Trinajstić information content (AvgIpc) is 3.12. The van der Waals surface area contributed by atoms with Crippen molar-refractivity contribution in [3.05, 3.63) is 72.0 Å². The van der Waals surface area contributed by atoms with Crippen molar-refractivity contribution in [2.45, 2.75) is 0 Å². The predicted octanol–water partition coefficient (Wildman–Crippen LogP) is 3.91. The maximum absolute atomic E-state index is 12.3. The van der Waals surface area contributed by atoms with Gasteiger partial charge in [-0.15, -0.1) is 0 Å². The molecule has 6 heteroatoms. The molecule has 25 heavy (non-hydrogen) atoms. The van der Waals surface area contributed by atoms with Crippen molar-refractivity contribution < 1.29 is 23.8 Å². The highest BCUT2D eigenvalue weighted by molar-refractivity contribution is 6.04. The monoisotopic (exact) mass is 337 g/mol. The van der Waals surface area contributed by atoms with Crippen molar-refractivity contribution in [3.8, 4) is 17.1 Å². The van der Waals surface area contributed by atoms with Crippen molar-refractivity contribution >= 4 is 17.6 Å². The lowest BCUT2D eigenvalue weighted by Gasteiger charge is -2.10. The molecule has 0 bridgehead atoms. The van der Waals surface area contributed by atoms with Gasteiger partial charge in [0.25, 0.3) is 5.91 Å². The minimum Gasteiger partial charge on any atom is -0.496 e. The summed E-state index contributed by atoms with van der Waals surface area (Å²) in [4.78, 5) is 23.3. The second-order valence-corrected chi connectivity index (χ2v) is 5.20. The van der Waals surface area contributed by atoms with E-state index in [0.717, 1.165) is 0 Å². The molecule has 0 spiro atoms. The van der Waals surface area contributed by atoms with E-state index in [4.69, 9.17) is 14.3 Å². The largest absolute Gasteiger partial charge is 0.496 e. The summed E-state index contributed by atoms with van der Waals surface area (Å²) in [6.07, 6.45) is 0. The standard InChI is InChI=1S/C19H15NO5/c1-24-15-8-7-13(20-18(21)12-5-3-2-4-6-12)11-14(15)16-9-10-17(25-16)19(22)23/h2-11H,1H3,(H,20,21)(H,22,23). The molecule has 1 amide bonds. The average molecular weight is 337 g/mol. The first-order valence-corrected chi connectivity index (χ1v) is 7.46. The molecule has 1 heterocycles. The lowest BCUT2D eigenvalue weighted by Crippen LogP contribution is -2.11. The van der Waals surface area contributed by atoms with Crippen LogP contribution in [0.25, 0.3) is 11.3 Å². The fourth-order valence-corrected chi connectivity index (χ4v) is 2.37. The number of benzene rings is 2. The fourth-order valence-electron chi connectivity index (χ4n) is 2.37. The molecular weight excluding hydrogens is 322 g/mol. The van der Waals surface area contributed by atoms with Crippen LogP contribution in [-0.2, 0) is 0 Å². The van der Waals surface area contributed by atoms with E-state index < -0.39 is 5.97 Å². The van der Waals surface area contributed by atoms with E-state index >= 15 is 0 Å². The molecule has 0 atom stereocenters. The maximum Gasteiger partial charge on any atom is 0.371 e. The summed E-state index contributed by atoms with van der Waals surface area (Å²) in [5, 5.41) is 11.8. The summed E-state index contributed by atoms with van der Waals surface area (Å²) in [7, 11) is 1.50. The Morgan fingerprint density at radius 3 is 2.44 bits per heavy atom. The van der Waals surface area contributed by atoms with Gasteiger partial charge in [-0.3, -0.25) is 4.79 Å². The molecule has 0 aliphatic carbocycles. The Morgan fingerprint density at radius 1 is 1.04 bits per heavy atom. The van der Waals surface area contributed by atoms with Gasteiger partial charge in [0.15, 0.2) is 0 Å². The Hall–Kier alpha value is -3.54. The van der Waals surface area contributed by atoms with Crippen molar-refractivity contribution in [1.29, 1.82) is 0 Å². The number of anilines is 1. The number of carboxylic acid groups (broad SMARTS) is 1. The highest BCUT2D eigenvalue weighted by Crippen LogP contribution is 2.34. The second kappa shape index (κ2) is 6.92. The Labute approximate surface area is 143 Å². The van der Waals surface area contributed by atoms with Crippen LogP contribution < -0.4 is 10.1 Å². The van der Waals surface area contributed by atoms with E-state index in [1.807, 2.05) is 6.07 Å². The number of methoxy groups -OCH3 is 1. The molecule has 0 aliphatic heterocycles. The Balaban J connectivity index is 1.92. The van der Waals surface area contributed by atoms with Crippen LogP contribution in [0.2, 0.25) is 0 Å². The molecule has 3 rings (SSSR count). The van der Waals surface area contributed by atoms with Crippen LogP contribution in [0.1, 0.15) is 20.9 Å². The molecule has 2 aromatic carbocycles. The second-order valence-electron chi connectivity index (χ2n) is 5.20. The molecule has 6 nitrogen and oxygen atoms in total. The van der Waals surface area contributed by atoms with E-state index in [9.17, 15) is 9.59 Å². The van der Waals surface area contributed by atoms with E-state index in [-0.39, 0.29) is 11.7 Å². The molecule has 0 unspecified atom stereocenters. The smallest absolute Gasteiger partial charge is 0.371 e. The van der Waals surface area contributed by atoms with Crippen molar-refractivity contribution in [1.82, 2.24) is 0 Å². The molecule has 0 aliphatic rings. The third-order valence-electron chi connectivity index (χ3n) is 3.58. The summed E-state index contributed by atoms with van der Waals surface area (Å²) in [5.74, 6) is -0.731. The summed E-state index contributed by atoms with van der Waals surface area (Å²) in [5.41, 5.74) is 1.62. The van der Waals surface area contributed by atoms with Gasteiger partial charge in [0.1, 0.15) is 11.5 Å². The van der Waals surface area contributed by atoms with Crippen LogP contribution in [-0.4, -0.2) is 24.1 Å². The zero-order chi connectivity index (χ0) is 17.8. The number of rotatable bonds is 5. The van der Waals surface area contributed by atoms with Crippen molar-refractivity contribution in [2.75, 3.05) is 12.4 Å². The van der Waals surface area contributed by atoms with Gasteiger partial charge in [0.2, 0.25) is 5.76 Å². The summed E-state index contributed by atoms with van der Waals surface area (Å²) in [6, 6.07) is 16.8. The molecule has 0 fully saturated rings. The van der Waals surface area contributed by atoms with Crippen LogP contribution >= 0.6 is 0 Å². The number of furan rings is 1. The first kappa shape index (κ1) is 16.3. The Kier molecular flexibility index (Phi) is 4.52. The number of carbonyl (C=O) groups excluding carboxylic acids is 1. The quantitative estimate of drug-likeness (QED) is 0.737. The number of amides is 1. The minimum absolute atomic E-state index is 0.171. The number of hydrogen-bond donors (Lipinski definition) is 2. The van der Waals surface area contributed by atoms with Crippen LogP contribution in [0.3, 0.4) is 0 Å². The highest BCUT2D eigenvalue weighted by atomic mass is 16.5. The van der Waals surface area contributed by atoms with E-state index in [1.165, 1.54) is 13.2 Å². The molecule has 2 N–H and O–H groups in total. The minimum atomic E-state index is -1.15. The van der Waals surface area contributed by atoms with E-state index in [0.29, 0.717) is 28.3 Å².